The van der Waals surface area contributed by atoms with E-state index in [-0.39, 0.29) is 5.41 Å². The van der Waals surface area contributed by atoms with E-state index in [1.165, 1.54) is 12.1 Å². The maximum absolute atomic E-state index is 13.6. The van der Waals surface area contributed by atoms with Crippen LogP contribution in [0, 0.1) is 17.0 Å². The number of rotatable bonds is 4. The summed E-state index contributed by atoms with van der Waals surface area (Å²) < 4.78 is 26.4. The maximum atomic E-state index is 13.6. The van der Waals surface area contributed by atoms with Gasteiger partial charge in [0.25, 0.3) is 0 Å². The Labute approximate surface area is 108 Å². The van der Waals surface area contributed by atoms with Gasteiger partial charge in [-0.2, -0.15) is 0 Å². The number of likely N-dealkylation sites (N-methyl/N-ethyl adjacent to an activating group) is 1. The molecule has 0 amide bonds. The molecule has 0 aliphatic rings. The summed E-state index contributed by atoms with van der Waals surface area (Å²) in [6.45, 7) is 7.80. The predicted molar refractivity (Wildman–Crippen MR) is 70.2 cm³/mol. The van der Waals surface area contributed by atoms with Gasteiger partial charge in [0.05, 0.1) is 0 Å². The van der Waals surface area contributed by atoms with Crippen molar-refractivity contribution >= 4 is 0 Å². The molecule has 0 aromatic heterocycles. The molecule has 0 bridgehead atoms. The molecule has 1 unspecified atom stereocenters. The molecule has 2 nitrogen and oxygen atoms in total. The average Bonchev–Trinajstić information content (AvgIpc) is 2.13. The molecule has 1 atom stereocenters. The monoisotopic (exact) mass is 256 g/mol. The van der Waals surface area contributed by atoms with Gasteiger partial charge in [-0.3, -0.25) is 0 Å². The Morgan fingerprint density at radius 1 is 1.28 bits per heavy atom. The molecule has 18 heavy (non-hydrogen) atoms. The molecule has 0 radical (unpaired) electrons. The van der Waals surface area contributed by atoms with E-state index in [0.717, 1.165) is 12.6 Å². The summed E-state index contributed by atoms with van der Waals surface area (Å²) in [6, 6.07) is 3.08. The van der Waals surface area contributed by atoms with Crippen LogP contribution in [0.4, 0.5) is 8.78 Å². The molecule has 0 spiro atoms. The number of hydrogen-bond acceptors (Lipinski definition) is 2. The molecule has 0 heterocycles. The van der Waals surface area contributed by atoms with Crippen LogP contribution in [0.3, 0.4) is 0 Å². The summed E-state index contributed by atoms with van der Waals surface area (Å²) in [6.07, 6.45) is 0. The minimum atomic E-state index is -0.577. The molecule has 2 N–H and O–H groups in total. The fourth-order valence-corrected chi connectivity index (χ4v) is 2.11. The highest BCUT2D eigenvalue weighted by Crippen LogP contribution is 2.19. The van der Waals surface area contributed by atoms with Crippen molar-refractivity contribution in [2.75, 3.05) is 20.1 Å². The van der Waals surface area contributed by atoms with Gasteiger partial charge in [0.2, 0.25) is 0 Å². The normalized spacial score (nSPS) is 14.0. The molecule has 0 saturated carbocycles. The third-order valence-corrected chi connectivity index (χ3v) is 2.61. The van der Waals surface area contributed by atoms with Gasteiger partial charge < -0.3 is 10.6 Å². The second-order valence-corrected chi connectivity index (χ2v) is 6.03. The van der Waals surface area contributed by atoms with E-state index in [1.54, 1.807) is 0 Å². The second kappa shape index (κ2) is 5.76. The van der Waals surface area contributed by atoms with Crippen LogP contribution in [-0.2, 0) is 0 Å². The Bertz CT molecular complexity index is 399. The van der Waals surface area contributed by atoms with Crippen molar-refractivity contribution in [2.45, 2.75) is 26.8 Å². The molecule has 1 aromatic carbocycles. The van der Waals surface area contributed by atoms with E-state index >= 15 is 0 Å². The van der Waals surface area contributed by atoms with E-state index in [0.29, 0.717) is 12.1 Å². The van der Waals surface area contributed by atoms with Crippen molar-refractivity contribution in [2.24, 2.45) is 11.1 Å². The maximum Gasteiger partial charge on any atom is 0.130 e. The molecule has 4 heteroatoms. The van der Waals surface area contributed by atoms with Crippen molar-refractivity contribution in [3.63, 3.8) is 0 Å². The van der Waals surface area contributed by atoms with Crippen LogP contribution in [0.15, 0.2) is 18.2 Å². The van der Waals surface area contributed by atoms with Gasteiger partial charge in [0.1, 0.15) is 11.6 Å². The van der Waals surface area contributed by atoms with Crippen LogP contribution in [0.5, 0.6) is 0 Å². The van der Waals surface area contributed by atoms with Crippen LogP contribution in [0.25, 0.3) is 0 Å². The highest BCUT2D eigenvalue weighted by molar-refractivity contribution is 5.22. The Kier molecular flexibility index (Phi) is 4.82. The number of hydrogen-bond donors (Lipinski definition) is 1. The Morgan fingerprint density at radius 2 is 1.89 bits per heavy atom. The summed E-state index contributed by atoms with van der Waals surface area (Å²) in [7, 11) is 1.95. The van der Waals surface area contributed by atoms with Gasteiger partial charge in [-0.25, -0.2) is 8.78 Å². The summed E-state index contributed by atoms with van der Waals surface area (Å²) in [5.74, 6) is -1.15. The highest BCUT2D eigenvalue weighted by atomic mass is 19.1. The topological polar surface area (TPSA) is 29.3 Å². The largest absolute Gasteiger partial charge is 0.323 e. The second-order valence-electron chi connectivity index (χ2n) is 6.03. The lowest BCUT2D eigenvalue weighted by molar-refractivity contribution is 0.216. The van der Waals surface area contributed by atoms with Crippen LogP contribution in [0.1, 0.15) is 32.4 Å². The third-order valence-electron chi connectivity index (χ3n) is 2.61. The van der Waals surface area contributed by atoms with Crippen molar-refractivity contribution in [1.82, 2.24) is 4.90 Å². The van der Waals surface area contributed by atoms with E-state index < -0.39 is 17.7 Å². The van der Waals surface area contributed by atoms with Crippen LogP contribution in [-0.4, -0.2) is 25.0 Å². The average molecular weight is 256 g/mol. The zero-order valence-corrected chi connectivity index (χ0v) is 11.5. The Hall–Kier alpha value is -1.00. The smallest absolute Gasteiger partial charge is 0.130 e. The van der Waals surface area contributed by atoms with Gasteiger partial charge in [0.15, 0.2) is 0 Å². The fraction of sp³-hybridized carbons (Fsp3) is 0.571. The van der Waals surface area contributed by atoms with E-state index in [1.807, 2.05) is 7.05 Å². The lowest BCUT2D eigenvalue weighted by atomic mass is 9.96. The number of nitrogens with two attached hydrogens (primary N) is 1. The van der Waals surface area contributed by atoms with E-state index in [4.69, 9.17) is 5.73 Å². The minimum absolute atomic E-state index is 0.163. The predicted octanol–water partition coefficient (Wildman–Crippen LogP) is 2.94. The summed E-state index contributed by atoms with van der Waals surface area (Å²) in [5.41, 5.74) is 6.48. The molecule has 1 rings (SSSR count). The first-order valence-electron chi connectivity index (χ1n) is 6.08. The van der Waals surface area contributed by atoms with Crippen molar-refractivity contribution in [1.29, 1.82) is 0 Å². The van der Waals surface area contributed by atoms with Gasteiger partial charge in [-0.15, -0.1) is 0 Å². The Balaban J connectivity index is 2.67. The van der Waals surface area contributed by atoms with Gasteiger partial charge in [-0.1, -0.05) is 26.8 Å². The first-order chi connectivity index (χ1) is 8.19. The summed E-state index contributed by atoms with van der Waals surface area (Å²) >= 11 is 0. The summed E-state index contributed by atoms with van der Waals surface area (Å²) in [5, 5.41) is 0. The quantitative estimate of drug-likeness (QED) is 0.897. The number of benzene rings is 1. The lowest BCUT2D eigenvalue weighted by Gasteiger charge is -2.28. The first kappa shape index (κ1) is 15.1. The molecule has 102 valence electrons. The molecule has 0 aliphatic carbocycles. The van der Waals surface area contributed by atoms with Crippen LogP contribution < -0.4 is 5.73 Å². The van der Waals surface area contributed by atoms with Gasteiger partial charge in [-0.05, 0) is 18.5 Å². The molecular weight excluding hydrogens is 234 g/mol. The number of halogens is 2. The first-order valence-corrected chi connectivity index (χ1v) is 6.08. The van der Waals surface area contributed by atoms with Crippen molar-refractivity contribution in [3.8, 4) is 0 Å². The zero-order valence-electron chi connectivity index (χ0n) is 11.5. The molecule has 1 aromatic rings. The summed E-state index contributed by atoms with van der Waals surface area (Å²) in [4.78, 5) is 2.06. The van der Waals surface area contributed by atoms with Gasteiger partial charge in [0, 0.05) is 30.8 Å². The fourth-order valence-electron chi connectivity index (χ4n) is 2.11. The molecule has 0 fully saturated rings. The molecule has 0 aliphatic heterocycles. The van der Waals surface area contributed by atoms with E-state index in [2.05, 4.69) is 25.7 Å². The standard InChI is InChI=1S/C14H22F2N2/c1-14(2,3)9-18(4)8-13(17)11-6-5-10(15)7-12(11)16/h5-7,13H,8-9,17H2,1-4H3. The minimum Gasteiger partial charge on any atom is -0.323 e. The highest BCUT2D eigenvalue weighted by Gasteiger charge is 2.18. The van der Waals surface area contributed by atoms with Crippen LogP contribution in [0.2, 0.25) is 0 Å². The molecule has 0 saturated heterocycles. The van der Waals surface area contributed by atoms with Crippen molar-refractivity contribution in [3.05, 3.63) is 35.4 Å². The van der Waals surface area contributed by atoms with Crippen molar-refractivity contribution < 1.29 is 8.78 Å². The van der Waals surface area contributed by atoms with Crippen LogP contribution >= 0.6 is 0 Å². The third kappa shape index (κ3) is 4.70. The molecular formula is C14H22F2N2. The lowest BCUT2D eigenvalue weighted by Crippen LogP contribution is -2.35. The zero-order chi connectivity index (χ0) is 13.9. The number of nitrogens with zero attached hydrogens (tertiary/aromatic N) is 1. The van der Waals surface area contributed by atoms with E-state index in [9.17, 15) is 8.78 Å². The SMILES string of the molecule is CN(CC(N)c1ccc(F)cc1F)CC(C)(C)C. The van der Waals surface area contributed by atoms with Gasteiger partial charge >= 0.3 is 0 Å². The Morgan fingerprint density at radius 3 is 2.39 bits per heavy atom.